The van der Waals surface area contributed by atoms with Gasteiger partial charge >= 0.3 is 0 Å². The Bertz CT molecular complexity index is 345. The van der Waals surface area contributed by atoms with Crippen molar-refractivity contribution >= 4 is 0 Å². The molecule has 1 aromatic rings. The van der Waals surface area contributed by atoms with E-state index in [9.17, 15) is 0 Å². The Morgan fingerprint density at radius 2 is 2.44 bits per heavy atom. The molecule has 1 aromatic heterocycles. The van der Waals surface area contributed by atoms with Crippen molar-refractivity contribution in [1.82, 2.24) is 5.32 Å². The van der Waals surface area contributed by atoms with E-state index in [1.807, 2.05) is 19.4 Å². The van der Waals surface area contributed by atoms with Crippen LogP contribution in [-0.2, 0) is 4.74 Å². The van der Waals surface area contributed by atoms with E-state index in [0.717, 1.165) is 25.4 Å². The van der Waals surface area contributed by atoms with Crippen LogP contribution in [0.5, 0.6) is 0 Å². The van der Waals surface area contributed by atoms with Gasteiger partial charge < -0.3 is 14.5 Å². The van der Waals surface area contributed by atoms with Gasteiger partial charge in [-0.3, -0.25) is 0 Å². The van der Waals surface area contributed by atoms with Crippen molar-refractivity contribution in [2.75, 3.05) is 13.7 Å². The van der Waals surface area contributed by atoms with Crippen LogP contribution in [0.3, 0.4) is 0 Å². The maximum atomic E-state index is 6.21. The molecule has 3 nitrogen and oxygen atoms in total. The molecule has 3 unspecified atom stereocenters. The maximum Gasteiger partial charge on any atom is 0.0951 e. The van der Waals surface area contributed by atoms with E-state index in [1.165, 1.54) is 18.4 Å². The number of hydrogen-bond donors (Lipinski definition) is 1. The number of nitrogens with one attached hydrogen (secondary N) is 1. The molecule has 0 aliphatic heterocycles. The first kappa shape index (κ1) is 13.6. The van der Waals surface area contributed by atoms with Crippen LogP contribution >= 0.6 is 0 Å². The van der Waals surface area contributed by atoms with E-state index in [2.05, 4.69) is 19.2 Å². The molecule has 0 aromatic carbocycles. The highest BCUT2D eigenvalue weighted by molar-refractivity contribution is 5.18. The second-order valence-corrected chi connectivity index (χ2v) is 5.48. The molecule has 3 atom stereocenters. The average Bonchev–Trinajstić information content (AvgIpc) is 2.84. The minimum atomic E-state index is -0.0783. The molecule has 2 rings (SSSR count). The molecule has 18 heavy (non-hydrogen) atoms. The van der Waals surface area contributed by atoms with E-state index in [4.69, 9.17) is 9.15 Å². The summed E-state index contributed by atoms with van der Waals surface area (Å²) in [6.07, 6.45) is 8.39. The monoisotopic (exact) mass is 251 g/mol. The lowest BCUT2D eigenvalue weighted by Gasteiger charge is -2.45. The summed E-state index contributed by atoms with van der Waals surface area (Å²) < 4.78 is 11.5. The highest BCUT2D eigenvalue weighted by atomic mass is 16.5. The van der Waals surface area contributed by atoms with Gasteiger partial charge in [-0.2, -0.15) is 0 Å². The maximum absolute atomic E-state index is 6.21. The van der Waals surface area contributed by atoms with Crippen molar-refractivity contribution in [3.05, 3.63) is 24.2 Å². The van der Waals surface area contributed by atoms with Crippen molar-refractivity contribution in [2.24, 2.45) is 5.92 Å². The average molecular weight is 251 g/mol. The predicted molar refractivity (Wildman–Crippen MR) is 72.5 cm³/mol. The van der Waals surface area contributed by atoms with E-state index in [1.54, 1.807) is 6.26 Å². The van der Waals surface area contributed by atoms with Crippen LogP contribution in [0.25, 0.3) is 0 Å². The SMILES string of the molecule is CCOC1(C(NC)c2ccoc2)CCCC(C)C1. The van der Waals surface area contributed by atoms with Crippen LogP contribution in [0.15, 0.2) is 23.0 Å². The highest BCUT2D eigenvalue weighted by Gasteiger charge is 2.43. The minimum Gasteiger partial charge on any atom is -0.472 e. The Balaban J connectivity index is 2.26. The summed E-state index contributed by atoms with van der Waals surface area (Å²) in [5, 5.41) is 3.44. The molecule has 0 amide bonds. The number of hydrogen-bond acceptors (Lipinski definition) is 3. The van der Waals surface area contributed by atoms with Crippen molar-refractivity contribution < 1.29 is 9.15 Å². The van der Waals surface area contributed by atoms with Crippen LogP contribution < -0.4 is 5.32 Å². The lowest BCUT2D eigenvalue weighted by atomic mass is 9.73. The highest BCUT2D eigenvalue weighted by Crippen LogP contribution is 2.43. The van der Waals surface area contributed by atoms with Gasteiger partial charge in [-0.1, -0.05) is 19.8 Å². The largest absolute Gasteiger partial charge is 0.472 e. The fourth-order valence-corrected chi connectivity index (χ4v) is 3.48. The van der Waals surface area contributed by atoms with Crippen LogP contribution in [0.1, 0.15) is 51.1 Å². The molecule has 102 valence electrons. The smallest absolute Gasteiger partial charge is 0.0951 e. The van der Waals surface area contributed by atoms with Crippen LogP contribution in [0.4, 0.5) is 0 Å². The molecular formula is C15H25NO2. The Kier molecular flexibility index (Phi) is 4.46. The molecule has 1 fully saturated rings. The van der Waals surface area contributed by atoms with Gasteiger partial charge in [0.15, 0.2) is 0 Å². The lowest BCUT2D eigenvalue weighted by Crippen LogP contribution is -2.48. The summed E-state index contributed by atoms with van der Waals surface area (Å²) in [5.74, 6) is 0.730. The normalized spacial score (nSPS) is 30.3. The third-order valence-corrected chi connectivity index (χ3v) is 4.11. The molecule has 0 spiro atoms. The Hall–Kier alpha value is -0.800. The second kappa shape index (κ2) is 5.89. The fraction of sp³-hybridized carbons (Fsp3) is 0.733. The summed E-state index contributed by atoms with van der Waals surface area (Å²) in [7, 11) is 2.01. The zero-order valence-corrected chi connectivity index (χ0v) is 11.7. The third kappa shape index (κ3) is 2.62. The van der Waals surface area contributed by atoms with Gasteiger partial charge in [0.1, 0.15) is 0 Å². The van der Waals surface area contributed by atoms with E-state index < -0.39 is 0 Å². The number of rotatable bonds is 5. The topological polar surface area (TPSA) is 34.4 Å². The summed E-state index contributed by atoms with van der Waals surface area (Å²) in [5.41, 5.74) is 1.12. The van der Waals surface area contributed by atoms with E-state index >= 15 is 0 Å². The van der Waals surface area contributed by atoms with Gasteiger partial charge in [-0.25, -0.2) is 0 Å². The summed E-state index contributed by atoms with van der Waals surface area (Å²) >= 11 is 0. The van der Waals surface area contributed by atoms with Gasteiger partial charge in [0.2, 0.25) is 0 Å². The Morgan fingerprint density at radius 1 is 1.61 bits per heavy atom. The van der Waals surface area contributed by atoms with Crippen molar-refractivity contribution in [1.29, 1.82) is 0 Å². The molecule has 3 heteroatoms. The first-order valence-corrected chi connectivity index (χ1v) is 7.05. The first-order chi connectivity index (χ1) is 8.72. The van der Waals surface area contributed by atoms with Crippen molar-refractivity contribution in [3.8, 4) is 0 Å². The van der Waals surface area contributed by atoms with Gasteiger partial charge in [0, 0.05) is 12.2 Å². The van der Waals surface area contributed by atoms with Crippen molar-refractivity contribution in [2.45, 2.75) is 51.2 Å². The van der Waals surface area contributed by atoms with Gasteiger partial charge in [-0.05, 0) is 38.8 Å². The molecule has 0 saturated heterocycles. The molecular weight excluding hydrogens is 226 g/mol. The molecule has 1 heterocycles. The summed E-state index contributed by atoms with van der Waals surface area (Å²) in [6.45, 7) is 5.18. The standard InChI is InChI=1S/C15H25NO2/c1-4-18-15(8-5-6-12(2)10-15)14(16-3)13-7-9-17-11-13/h7,9,11-12,14,16H,4-6,8,10H2,1-3H3. The quantitative estimate of drug-likeness (QED) is 0.869. The Morgan fingerprint density at radius 3 is 3.00 bits per heavy atom. The molecule has 1 aliphatic carbocycles. The predicted octanol–water partition coefficient (Wildman–Crippen LogP) is 3.53. The molecule has 0 bridgehead atoms. The summed E-state index contributed by atoms with van der Waals surface area (Å²) in [6, 6.07) is 2.26. The number of likely N-dealkylation sites (N-methyl/N-ethyl adjacent to an activating group) is 1. The minimum absolute atomic E-state index is 0.0783. The number of furan rings is 1. The summed E-state index contributed by atoms with van der Waals surface area (Å²) in [4.78, 5) is 0. The molecule has 1 aliphatic rings. The van der Waals surface area contributed by atoms with Gasteiger partial charge in [0.05, 0.1) is 24.2 Å². The zero-order chi connectivity index (χ0) is 13.0. The second-order valence-electron chi connectivity index (χ2n) is 5.48. The first-order valence-electron chi connectivity index (χ1n) is 7.05. The molecule has 0 radical (unpaired) electrons. The van der Waals surface area contributed by atoms with Crippen LogP contribution in [0.2, 0.25) is 0 Å². The van der Waals surface area contributed by atoms with E-state index in [0.29, 0.717) is 0 Å². The number of ether oxygens (including phenoxy) is 1. The van der Waals surface area contributed by atoms with Crippen molar-refractivity contribution in [3.63, 3.8) is 0 Å². The van der Waals surface area contributed by atoms with Gasteiger partial charge in [0.25, 0.3) is 0 Å². The van der Waals surface area contributed by atoms with Gasteiger partial charge in [-0.15, -0.1) is 0 Å². The zero-order valence-electron chi connectivity index (χ0n) is 11.7. The van der Waals surface area contributed by atoms with Crippen LogP contribution in [-0.4, -0.2) is 19.3 Å². The third-order valence-electron chi connectivity index (χ3n) is 4.11. The fourth-order valence-electron chi connectivity index (χ4n) is 3.48. The van der Waals surface area contributed by atoms with E-state index in [-0.39, 0.29) is 11.6 Å². The Labute approximate surface area is 110 Å². The molecule has 1 saturated carbocycles. The van der Waals surface area contributed by atoms with Crippen LogP contribution in [0, 0.1) is 5.92 Å². The molecule has 1 N–H and O–H groups in total. The lowest BCUT2D eigenvalue weighted by molar-refractivity contribution is -0.100.